The minimum absolute atomic E-state index is 0.184. The molecular formula is C23H30ClN3O4S. The minimum atomic E-state index is -3.80. The second-order valence-corrected chi connectivity index (χ2v) is 10.0. The number of rotatable bonds is 9. The lowest BCUT2D eigenvalue weighted by atomic mass is 10.1. The van der Waals surface area contributed by atoms with Gasteiger partial charge in [0, 0.05) is 18.6 Å². The van der Waals surface area contributed by atoms with E-state index in [2.05, 4.69) is 5.32 Å². The van der Waals surface area contributed by atoms with Crippen LogP contribution in [0.15, 0.2) is 42.5 Å². The molecule has 2 amide bonds. The van der Waals surface area contributed by atoms with Gasteiger partial charge in [0.15, 0.2) is 0 Å². The van der Waals surface area contributed by atoms with Crippen LogP contribution in [-0.4, -0.2) is 51.0 Å². The lowest BCUT2D eigenvalue weighted by Crippen LogP contribution is -2.51. The predicted molar refractivity (Wildman–Crippen MR) is 128 cm³/mol. The van der Waals surface area contributed by atoms with Crippen molar-refractivity contribution < 1.29 is 18.0 Å². The summed E-state index contributed by atoms with van der Waals surface area (Å²) in [6.45, 7) is 5.23. The Morgan fingerprint density at radius 2 is 1.75 bits per heavy atom. The molecule has 0 saturated heterocycles. The van der Waals surface area contributed by atoms with Gasteiger partial charge in [0.05, 0.1) is 11.9 Å². The highest BCUT2D eigenvalue weighted by atomic mass is 35.5. The highest BCUT2D eigenvalue weighted by Gasteiger charge is 2.32. The molecule has 2 aromatic rings. The molecule has 0 radical (unpaired) electrons. The van der Waals surface area contributed by atoms with Crippen LogP contribution < -0.4 is 9.62 Å². The van der Waals surface area contributed by atoms with Crippen molar-refractivity contribution in [1.29, 1.82) is 0 Å². The third kappa shape index (κ3) is 6.23. The molecular weight excluding hydrogens is 450 g/mol. The van der Waals surface area contributed by atoms with Crippen LogP contribution in [0.25, 0.3) is 0 Å². The Morgan fingerprint density at radius 3 is 2.31 bits per heavy atom. The number of nitrogens with one attached hydrogen (secondary N) is 1. The zero-order valence-electron chi connectivity index (χ0n) is 19.1. The van der Waals surface area contributed by atoms with Gasteiger partial charge in [0.25, 0.3) is 0 Å². The van der Waals surface area contributed by atoms with Crippen LogP contribution in [0, 0.1) is 13.8 Å². The third-order valence-corrected chi connectivity index (χ3v) is 6.71. The van der Waals surface area contributed by atoms with E-state index in [1.807, 2.05) is 38.1 Å². The first kappa shape index (κ1) is 25.7. The van der Waals surface area contributed by atoms with Crippen molar-refractivity contribution in [3.05, 3.63) is 64.2 Å². The Hall–Kier alpha value is -2.58. The minimum Gasteiger partial charge on any atom is -0.357 e. The quantitative estimate of drug-likeness (QED) is 0.598. The Bertz CT molecular complexity index is 1090. The molecule has 0 aliphatic carbocycles. The fourth-order valence-electron chi connectivity index (χ4n) is 3.50. The molecule has 0 aromatic heterocycles. The zero-order chi connectivity index (χ0) is 24.1. The Kier molecular flexibility index (Phi) is 8.69. The molecule has 1 N–H and O–H groups in total. The summed E-state index contributed by atoms with van der Waals surface area (Å²) in [5.41, 5.74) is 2.85. The van der Waals surface area contributed by atoms with Crippen molar-refractivity contribution in [1.82, 2.24) is 10.2 Å². The molecule has 9 heteroatoms. The molecule has 32 heavy (non-hydrogen) atoms. The van der Waals surface area contributed by atoms with Crippen LogP contribution in [0.3, 0.4) is 0 Å². The van der Waals surface area contributed by atoms with E-state index in [1.54, 1.807) is 19.1 Å². The van der Waals surface area contributed by atoms with Gasteiger partial charge in [-0.1, -0.05) is 48.9 Å². The molecule has 1 atom stereocenters. The van der Waals surface area contributed by atoms with Crippen LogP contribution >= 0.6 is 11.6 Å². The number of benzene rings is 2. The Labute approximate surface area is 195 Å². The Morgan fingerprint density at radius 1 is 1.09 bits per heavy atom. The molecule has 0 aliphatic rings. The number of amides is 2. The van der Waals surface area contributed by atoms with Gasteiger partial charge >= 0.3 is 0 Å². The van der Waals surface area contributed by atoms with E-state index in [-0.39, 0.29) is 12.5 Å². The molecule has 0 aliphatic heterocycles. The van der Waals surface area contributed by atoms with E-state index >= 15 is 0 Å². The fraction of sp³-hybridized carbons (Fsp3) is 0.391. The average molecular weight is 480 g/mol. The van der Waals surface area contributed by atoms with Crippen LogP contribution in [0.2, 0.25) is 5.02 Å². The van der Waals surface area contributed by atoms with E-state index in [4.69, 9.17) is 11.6 Å². The summed E-state index contributed by atoms with van der Waals surface area (Å²) < 4.78 is 26.3. The second kappa shape index (κ2) is 10.8. The topological polar surface area (TPSA) is 86.8 Å². The summed E-state index contributed by atoms with van der Waals surface area (Å²) >= 11 is 6.10. The highest BCUT2D eigenvalue weighted by Crippen LogP contribution is 2.27. The van der Waals surface area contributed by atoms with E-state index < -0.39 is 28.5 Å². The highest BCUT2D eigenvalue weighted by molar-refractivity contribution is 7.92. The molecule has 0 unspecified atom stereocenters. The van der Waals surface area contributed by atoms with Crippen LogP contribution in [0.4, 0.5) is 5.69 Å². The van der Waals surface area contributed by atoms with E-state index in [9.17, 15) is 18.0 Å². The summed E-state index contributed by atoms with van der Waals surface area (Å²) in [6.07, 6.45) is 1.43. The van der Waals surface area contributed by atoms with Crippen molar-refractivity contribution >= 4 is 39.1 Å². The van der Waals surface area contributed by atoms with E-state index in [0.29, 0.717) is 22.7 Å². The number of carbonyl (C=O) groups is 2. The van der Waals surface area contributed by atoms with Gasteiger partial charge in [-0.15, -0.1) is 0 Å². The van der Waals surface area contributed by atoms with Gasteiger partial charge in [0.2, 0.25) is 21.8 Å². The molecule has 0 saturated carbocycles. The summed E-state index contributed by atoms with van der Waals surface area (Å²) in [6, 6.07) is 11.7. The molecule has 0 spiro atoms. The summed E-state index contributed by atoms with van der Waals surface area (Å²) in [4.78, 5) is 27.5. The maximum Gasteiger partial charge on any atom is 0.244 e. The van der Waals surface area contributed by atoms with Crippen molar-refractivity contribution in [2.75, 3.05) is 24.2 Å². The largest absolute Gasteiger partial charge is 0.357 e. The average Bonchev–Trinajstić information content (AvgIpc) is 2.73. The third-order valence-electron chi connectivity index (χ3n) is 5.35. The SMILES string of the molecule is CC[C@H](C(=O)NC)N(Cc1ccccc1C)C(=O)CN(c1cc(Cl)ccc1C)S(C)(=O)=O. The first-order valence-electron chi connectivity index (χ1n) is 10.3. The van der Waals surface area contributed by atoms with Gasteiger partial charge in [-0.2, -0.15) is 0 Å². The van der Waals surface area contributed by atoms with Gasteiger partial charge < -0.3 is 10.2 Å². The predicted octanol–water partition coefficient (Wildman–Crippen LogP) is 3.28. The van der Waals surface area contributed by atoms with Crippen molar-refractivity contribution in [3.63, 3.8) is 0 Å². The fourth-order valence-corrected chi connectivity index (χ4v) is 4.57. The summed E-state index contributed by atoms with van der Waals surface area (Å²) in [7, 11) is -2.28. The molecule has 2 aromatic carbocycles. The number of halogens is 1. The maximum absolute atomic E-state index is 13.5. The van der Waals surface area contributed by atoms with Crippen molar-refractivity contribution in [3.8, 4) is 0 Å². The summed E-state index contributed by atoms with van der Waals surface area (Å²) in [5.74, 6) is -0.784. The smallest absolute Gasteiger partial charge is 0.244 e. The lowest BCUT2D eigenvalue weighted by Gasteiger charge is -2.33. The number of aryl methyl sites for hydroxylation is 2. The van der Waals surface area contributed by atoms with Crippen LogP contribution in [0.1, 0.15) is 30.0 Å². The molecule has 2 rings (SSSR count). The molecule has 0 bridgehead atoms. The van der Waals surface area contributed by atoms with Gasteiger partial charge in [-0.25, -0.2) is 8.42 Å². The zero-order valence-corrected chi connectivity index (χ0v) is 20.6. The summed E-state index contributed by atoms with van der Waals surface area (Å²) in [5, 5.41) is 2.96. The van der Waals surface area contributed by atoms with Gasteiger partial charge in [-0.3, -0.25) is 13.9 Å². The number of hydrogen-bond acceptors (Lipinski definition) is 4. The lowest BCUT2D eigenvalue weighted by molar-refractivity contribution is -0.140. The number of likely N-dealkylation sites (N-methyl/N-ethyl adjacent to an activating group) is 1. The number of sulfonamides is 1. The van der Waals surface area contributed by atoms with Crippen LogP contribution in [-0.2, 0) is 26.2 Å². The number of hydrogen-bond donors (Lipinski definition) is 1. The van der Waals surface area contributed by atoms with Crippen LogP contribution in [0.5, 0.6) is 0 Å². The normalized spacial score (nSPS) is 12.2. The van der Waals surface area contributed by atoms with Crippen molar-refractivity contribution in [2.45, 2.75) is 39.8 Å². The first-order valence-corrected chi connectivity index (χ1v) is 12.5. The van der Waals surface area contributed by atoms with Gasteiger partial charge in [-0.05, 0) is 49.1 Å². The molecule has 0 heterocycles. The maximum atomic E-state index is 13.5. The Balaban J connectivity index is 2.49. The van der Waals surface area contributed by atoms with Crippen molar-refractivity contribution in [2.24, 2.45) is 0 Å². The standard InChI is InChI=1S/C23H30ClN3O4S/c1-6-20(23(29)25-4)26(14-18-10-8-7-9-16(18)2)22(28)15-27(32(5,30)31)21-13-19(24)12-11-17(21)3/h7-13,20H,6,14-15H2,1-5H3,(H,25,29)/t20-/m1/s1. The number of anilines is 1. The van der Waals surface area contributed by atoms with Gasteiger partial charge in [0.1, 0.15) is 12.6 Å². The van der Waals surface area contributed by atoms with E-state index in [1.165, 1.54) is 18.0 Å². The van der Waals surface area contributed by atoms with E-state index in [0.717, 1.165) is 21.7 Å². The molecule has 7 nitrogen and oxygen atoms in total. The monoisotopic (exact) mass is 479 g/mol. The first-order chi connectivity index (χ1) is 15.0. The number of nitrogens with zero attached hydrogens (tertiary/aromatic N) is 2. The second-order valence-electron chi connectivity index (χ2n) is 7.69. The molecule has 174 valence electrons. The molecule has 0 fully saturated rings. The number of carbonyl (C=O) groups excluding carboxylic acids is 2.